The number of nitrogens with one attached hydrogen (secondary N) is 1. The van der Waals surface area contributed by atoms with Crippen molar-refractivity contribution in [3.63, 3.8) is 0 Å². The van der Waals surface area contributed by atoms with E-state index in [1.807, 2.05) is 47.4 Å². The highest BCUT2D eigenvalue weighted by molar-refractivity contribution is 5.86. The summed E-state index contributed by atoms with van der Waals surface area (Å²) < 4.78 is 8.67. The van der Waals surface area contributed by atoms with E-state index < -0.39 is 5.60 Å². The van der Waals surface area contributed by atoms with Crippen LogP contribution in [0.25, 0.3) is 16.9 Å². The third kappa shape index (κ3) is 4.77. The van der Waals surface area contributed by atoms with Crippen molar-refractivity contribution < 1.29 is 14.6 Å². The van der Waals surface area contributed by atoms with Crippen molar-refractivity contribution >= 4 is 16.9 Å². The zero-order chi connectivity index (χ0) is 27.7. The van der Waals surface area contributed by atoms with Gasteiger partial charge < -0.3 is 20.1 Å². The third-order valence-electron chi connectivity index (χ3n) is 8.37. The summed E-state index contributed by atoms with van der Waals surface area (Å²) in [5.74, 6) is 0.870. The number of likely N-dealkylation sites (tertiary alicyclic amines) is 1. The number of fused-ring (bicyclic) bond motifs is 1. The average Bonchev–Trinajstić information content (AvgIpc) is 3.44. The second-order valence-corrected chi connectivity index (χ2v) is 10.7. The molecule has 0 unspecified atom stereocenters. The highest BCUT2D eigenvalue weighted by Gasteiger charge is 2.48. The van der Waals surface area contributed by atoms with E-state index in [1.54, 1.807) is 40.9 Å². The lowest BCUT2D eigenvalue weighted by molar-refractivity contribution is -0.158. The van der Waals surface area contributed by atoms with Gasteiger partial charge >= 0.3 is 0 Å². The van der Waals surface area contributed by atoms with E-state index >= 15 is 0 Å². The molecule has 0 bridgehead atoms. The number of amides is 1. The quantitative estimate of drug-likeness (QED) is 0.384. The van der Waals surface area contributed by atoms with Gasteiger partial charge in [-0.25, -0.2) is 4.98 Å². The van der Waals surface area contributed by atoms with Crippen molar-refractivity contribution in [2.24, 2.45) is 5.92 Å². The normalized spacial score (nSPS) is 21.9. The molecule has 1 amide bonds. The molecule has 2 aliphatic heterocycles. The summed E-state index contributed by atoms with van der Waals surface area (Å²) in [5, 5.41) is 15.5. The maximum Gasteiger partial charge on any atom is 0.262 e. The van der Waals surface area contributed by atoms with Gasteiger partial charge in [-0.05, 0) is 49.4 Å². The number of ether oxygens (including phenoxy) is 1. The minimum atomic E-state index is -1.42. The van der Waals surface area contributed by atoms with Gasteiger partial charge in [-0.1, -0.05) is 36.4 Å². The first-order valence-electron chi connectivity index (χ1n) is 13.8. The number of benzene rings is 1. The van der Waals surface area contributed by atoms with Crippen molar-refractivity contribution in [1.82, 2.24) is 29.3 Å². The zero-order valence-corrected chi connectivity index (χ0v) is 22.6. The molecule has 5 heterocycles. The number of carbonyl (C=O) groups excluding carboxylic acids is 1. The summed E-state index contributed by atoms with van der Waals surface area (Å²) in [6, 6.07) is 17.0. The molecule has 3 aromatic heterocycles. The molecule has 0 spiro atoms. The summed E-state index contributed by atoms with van der Waals surface area (Å²) in [5.41, 5.74) is 0.0000352. The second kappa shape index (κ2) is 10.9. The molecule has 2 fully saturated rings. The SMILES string of the molecule is COc1cccc(-n2ccc3c(=O)n(CC4CCN(C(=O)[C@@]5(O)CCNC[C@H]5c5ccccc5)CC4)cnc32)n1. The highest BCUT2D eigenvalue weighted by Crippen LogP contribution is 2.36. The van der Waals surface area contributed by atoms with Crippen LogP contribution >= 0.6 is 0 Å². The van der Waals surface area contributed by atoms with Gasteiger partial charge in [0.1, 0.15) is 5.82 Å². The Balaban J connectivity index is 1.14. The summed E-state index contributed by atoms with van der Waals surface area (Å²) in [4.78, 5) is 37.8. The van der Waals surface area contributed by atoms with Crippen LogP contribution in [0, 0.1) is 5.92 Å². The summed E-state index contributed by atoms with van der Waals surface area (Å²) >= 11 is 0. The molecule has 1 aromatic carbocycles. The number of rotatable bonds is 6. The van der Waals surface area contributed by atoms with Crippen molar-refractivity contribution in [1.29, 1.82) is 0 Å². The Kier molecular flexibility index (Phi) is 7.12. The van der Waals surface area contributed by atoms with Crippen molar-refractivity contribution in [3.05, 3.63) is 83.0 Å². The summed E-state index contributed by atoms with van der Waals surface area (Å²) in [6.45, 7) is 2.83. The number of pyridine rings is 1. The van der Waals surface area contributed by atoms with Gasteiger partial charge in [0.2, 0.25) is 5.88 Å². The van der Waals surface area contributed by atoms with E-state index in [1.165, 1.54) is 0 Å². The van der Waals surface area contributed by atoms with E-state index in [9.17, 15) is 14.7 Å². The number of nitrogens with zero attached hydrogens (tertiary/aromatic N) is 5. The molecule has 2 N–H and O–H groups in total. The standard InChI is InChI=1S/C30H34N6O4/c1-40-26-9-5-8-25(33-26)36-17-12-23-27(36)32-20-35(28(23)37)19-21-10-15-34(16-11-21)29(38)30(39)13-14-31-18-24(30)22-6-3-2-4-7-22/h2-9,12,17,20-21,24,31,39H,10-11,13-16,18-19H2,1H3/t24-,30+/m0/s1. The molecule has 40 heavy (non-hydrogen) atoms. The molecule has 6 rings (SSSR count). The van der Waals surface area contributed by atoms with Gasteiger partial charge in [0.15, 0.2) is 11.2 Å². The van der Waals surface area contributed by atoms with Crippen molar-refractivity contribution in [3.8, 4) is 11.7 Å². The predicted molar refractivity (Wildman–Crippen MR) is 151 cm³/mol. The van der Waals surface area contributed by atoms with Crippen LogP contribution in [0.2, 0.25) is 0 Å². The number of aromatic nitrogens is 4. The summed E-state index contributed by atoms with van der Waals surface area (Å²) in [6.07, 6.45) is 5.30. The molecule has 2 atom stereocenters. The Morgan fingerprint density at radius 1 is 1.12 bits per heavy atom. The topological polar surface area (TPSA) is 115 Å². The zero-order valence-electron chi connectivity index (χ0n) is 22.6. The Hall–Kier alpha value is -4.02. The van der Waals surface area contributed by atoms with Gasteiger partial charge in [-0.2, -0.15) is 4.98 Å². The van der Waals surface area contributed by atoms with E-state index in [0.29, 0.717) is 61.9 Å². The van der Waals surface area contributed by atoms with E-state index in [2.05, 4.69) is 15.3 Å². The number of carbonyl (C=O) groups is 1. The van der Waals surface area contributed by atoms with Crippen LogP contribution in [-0.4, -0.2) is 73.9 Å². The maximum absolute atomic E-state index is 13.7. The Bertz CT molecular complexity index is 1560. The van der Waals surface area contributed by atoms with Crippen LogP contribution in [0.3, 0.4) is 0 Å². The first kappa shape index (κ1) is 26.2. The Labute approximate surface area is 232 Å². The van der Waals surface area contributed by atoms with Gasteiger partial charge in [0.25, 0.3) is 11.5 Å². The Morgan fingerprint density at radius 3 is 2.70 bits per heavy atom. The van der Waals surface area contributed by atoms with Gasteiger partial charge in [0, 0.05) is 44.4 Å². The molecule has 208 valence electrons. The van der Waals surface area contributed by atoms with Crippen LogP contribution in [-0.2, 0) is 11.3 Å². The highest BCUT2D eigenvalue weighted by atomic mass is 16.5. The maximum atomic E-state index is 13.7. The minimum absolute atomic E-state index is 0.0973. The van der Waals surface area contributed by atoms with Gasteiger partial charge in [-0.3, -0.25) is 18.7 Å². The molecular weight excluding hydrogens is 508 g/mol. The number of piperidine rings is 2. The first-order chi connectivity index (χ1) is 19.5. The number of methoxy groups -OCH3 is 1. The van der Waals surface area contributed by atoms with Crippen LogP contribution < -0.4 is 15.6 Å². The smallest absolute Gasteiger partial charge is 0.262 e. The molecule has 2 saturated heterocycles. The van der Waals surface area contributed by atoms with Crippen LogP contribution in [0.1, 0.15) is 30.7 Å². The van der Waals surface area contributed by atoms with Gasteiger partial charge in [-0.15, -0.1) is 0 Å². The van der Waals surface area contributed by atoms with Crippen molar-refractivity contribution in [2.45, 2.75) is 37.3 Å². The van der Waals surface area contributed by atoms with Crippen LogP contribution in [0.4, 0.5) is 0 Å². The summed E-state index contributed by atoms with van der Waals surface area (Å²) in [7, 11) is 1.56. The second-order valence-electron chi connectivity index (χ2n) is 10.7. The molecular formula is C30H34N6O4. The largest absolute Gasteiger partial charge is 0.481 e. The molecule has 0 saturated carbocycles. The fourth-order valence-electron chi connectivity index (χ4n) is 6.09. The molecule has 10 nitrogen and oxygen atoms in total. The lowest BCUT2D eigenvalue weighted by Gasteiger charge is -2.43. The molecule has 4 aromatic rings. The average molecular weight is 543 g/mol. The number of aliphatic hydroxyl groups is 1. The van der Waals surface area contributed by atoms with E-state index in [-0.39, 0.29) is 23.3 Å². The Morgan fingerprint density at radius 2 is 1.93 bits per heavy atom. The monoisotopic (exact) mass is 542 g/mol. The third-order valence-corrected chi connectivity index (χ3v) is 8.37. The molecule has 0 aliphatic carbocycles. The minimum Gasteiger partial charge on any atom is -0.481 e. The molecule has 2 aliphatic rings. The molecule has 10 heteroatoms. The fourth-order valence-corrected chi connectivity index (χ4v) is 6.09. The van der Waals surface area contributed by atoms with Gasteiger partial charge in [0.05, 0.1) is 18.8 Å². The van der Waals surface area contributed by atoms with E-state index in [0.717, 1.165) is 18.4 Å². The number of hydrogen-bond donors (Lipinski definition) is 2. The van der Waals surface area contributed by atoms with Crippen molar-refractivity contribution in [2.75, 3.05) is 33.3 Å². The number of hydrogen-bond acceptors (Lipinski definition) is 7. The van der Waals surface area contributed by atoms with Crippen LogP contribution in [0.5, 0.6) is 5.88 Å². The lowest BCUT2D eigenvalue weighted by Crippen LogP contribution is -2.59. The lowest BCUT2D eigenvalue weighted by atomic mass is 9.76. The fraction of sp³-hybridized carbons (Fsp3) is 0.400. The first-order valence-corrected chi connectivity index (χ1v) is 13.8. The molecule has 0 radical (unpaired) electrons. The van der Waals surface area contributed by atoms with E-state index in [4.69, 9.17) is 4.74 Å². The predicted octanol–water partition coefficient (Wildman–Crippen LogP) is 2.34. The van der Waals surface area contributed by atoms with Crippen LogP contribution in [0.15, 0.2) is 71.9 Å².